The molecule has 0 fully saturated rings. The van der Waals surface area contributed by atoms with E-state index in [-0.39, 0.29) is 5.69 Å². The highest BCUT2D eigenvalue weighted by atomic mass is 16.5. The zero-order valence-electron chi connectivity index (χ0n) is 9.51. The van der Waals surface area contributed by atoms with Crippen molar-refractivity contribution < 1.29 is 18.8 Å². The van der Waals surface area contributed by atoms with Crippen molar-refractivity contribution in [1.29, 1.82) is 0 Å². The Balaban J connectivity index is 2.12. The molecule has 0 bridgehead atoms. The number of nitrogens with zero attached hydrogens (tertiary/aromatic N) is 1. The Kier molecular flexibility index (Phi) is 2.19. The molecule has 1 N–H and O–H groups in total. The Hall–Kier alpha value is -2.56. The molecule has 5 nitrogen and oxygen atoms in total. The van der Waals surface area contributed by atoms with E-state index < -0.39 is 5.97 Å². The molecular formula is C13H9NO4. The third-order valence-electron chi connectivity index (χ3n) is 2.78. The number of aromatic carboxylic acids is 1. The fourth-order valence-corrected chi connectivity index (χ4v) is 1.82. The van der Waals surface area contributed by atoms with Gasteiger partial charge in [-0.25, -0.2) is 4.79 Å². The van der Waals surface area contributed by atoms with Crippen LogP contribution in [0.5, 0.6) is 0 Å². The normalized spacial score (nSPS) is 10.9. The highest BCUT2D eigenvalue weighted by molar-refractivity contribution is 5.88. The molecule has 0 saturated heterocycles. The van der Waals surface area contributed by atoms with E-state index in [1.54, 1.807) is 12.3 Å². The Labute approximate surface area is 102 Å². The van der Waals surface area contributed by atoms with E-state index in [4.69, 9.17) is 14.0 Å². The summed E-state index contributed by atoms with van der Waals surface area (Å²) in [5.41, 5.74) is 2.47. The number of furan rings is 1. The van der Waals surface area contributed by atoms with Crippen molar-refractivity contribution in [2.24, 2.45) is 0 Å². The van der Waals surface area contributed by atoms with Crippen molar-refractivity contribution in [1.82, 2.24) is 5.16 Å². The van der Waals surface area contributed by atoms with E-state index in [2.05, 4.69) is 5.16 Å². The van der Waals surface area contributed by atoms with Crippen LogP contribution in [-0.2, 0) is 0 Å². The van der Waals surface area contributed by atoms with Crippen LogP contribution in [0, 0.1) is 6.92 Å². The highest BCUT2D eigenvalue weighted by Gasteiger charge is 2.13. The fourth-order valence-electron chi connectivity index (χ4n) is 1.82. The minimum atomic E-state index is -1.11. The molecule has 18 heavy (non-hydrogen) atoms. The molecule has 1 aromatic carbocycles. The Morgan fingerprint density at radius 3 is 2.89 bits per heavy atom. The van der Waals surface area contributed by atoms with Crippen molar-refractivity contribution >= 4 is 16.9 Å². The molecule has 0 saturated carbocycles. The van der Waals surface area contributed by atoms with Gasteiger partial charge in [0.1, 0.15) is 5.58 Å². The second-order valence-corrected chi connectivity index (χ2v) is 4.01. The number of hydrogen-bond donors (Lipinski definition) is 1. The first-order valence-corrected chi connectivity index (χ1v) is 5.33. The average molecular weight is 243 g/mol. The molecule has 0 spiro atoms. The predicted octanol–water partition coefficient (Wildman–Crippen LogP) is 3.09. The summed E-state index contributed by atoms with van der Waals surface area (Å²) in [4.78, 5) is 10.7. The number of carboxylic acid groups (broad SMARTS) is 1. The molecule has 0 atom stereocenters. The van der Waals surface area contributed by atoms with Crippen molar-refractivity contribution in [2.75, 3.05) is 0 Å². The minimum Gasteiger partial charge on any atom is -0.476 e. The maximum atomic E-state index is 10.7. The Morgan fingerprint density at radius 2 is 2.17 bits per heavy atom. The number of rotatable bonds is 2. The first-order chi connectivity index (χ1) is 8.65. The number of carbonyl (C=O) groups is 1. The lowest BCUT2D eigenvalue weighted by Crippen LogP contribution is -1.94. The van der Waals surface area contributed by atoms with Gasteiger partial charge in [-0.1, -0.05) is 5.16 Å². The van der Waals surface area contributed by atoms with Crippen molar-refractivity contribution in [3.63, 3.8) is 0 Å². The van der Waals surface area contributed by atoms with Gasteiger partial charge in [0.15, 0.2) is 11.5 Å². The van der Waals surface area contributed by atoms with Crippen LogP contribution in [0.2, 0.25) is 0 Å². The van der Waals surface area contributed by atoms with Crippen molar-refractivity contribution in [3.05, 3.63) is 41.8 Å². The first kappa shape index (κ1) is 10.6. The van der Waals surface area contributed by atoms with Gasteiger partial charge in [-0.3, -0.25) is 0 Å². The maximum absolute atomic E-state index is 10.7. The topological polar surface area (TPSA) is 76.5 Å². The molecule has 0 radical (unpaired) electrons. The van der Waals surface area contributed by atoms with Crippen LogP contribution in [0.4, 0.5) is 0 Å². The smallest absolute Gasteiger partial charge is 0.358 e. The van der Waals surface area contributed by atoms with E-state index >= 15 is 0 Å². The van der Waals surface area contributed by atoms with Crippen LogP contribution in [-0.4, -0.2) is 16.2 Å². The number of hydrogen-bond acceptors (Lipinski definition) is 4. The lowest BCUT2D eigenvalue weighted by molar-refractivity contribution is 0.0686. The van der Waals surface area contributed by atoms with E-state index in [0.29, 0.717) is 5.76 Å². The Bertz CT molecular complexity index is 738. The number of aromatic nitrogens is 1. The van der Waals surface area contributed by atoms with Crippen molar-refractivity contribution in [2.45, 2.75) is 6.92 Å². The second-order valence-electron chi connectivity index (χ2n) is 4.01. The summed E-state index contributed by atoms with van der Waals surface area (Å²) in [6.45, 7) is 1.94. The molecule has 3 aromatic rings. The zero-order valence-corrected chi connectivity index (χ0v) is 9.51. The maximum Gasteiger partial charge on any atom is 0.358 e. The SMILES string of the molecule is Cc1coc2ccc(-c3cc(C(=O)O)no3)cc12. The molecule has 2 aromatic heterocycles. The summed E-state index contributed by atoms with van der Waals surface area (Å²) in [5.74, 6) is -0.680. The molecule has 0 aliphatic rings. The fraction of sp³-hybridized carbons (Fsp3) is 0.0769. The van der Waals surface area contributed by atoms with Crippen LogP contribution >= 0.6 is 0 Å². The minimum absolute atomic E-state index is 0.103. The largest absolute Gasteiger partial charge is 0.476 e. The lowest BCUT2D eigenvalue weighted by atomic mass is 10.1. The van der Waals surface area contributed by atoms with Gasteiger partial charge in [-0.15, -0.1) is 0 Å². The predicted molar refractivity (Wildman–Crippen MR) is 63.4 cm³/mol. The summed E-state index contributed by atoms with van der Waals surface area (Å²) in [5, 5.41) is 13.2. The first-order valence-electron chi connectivity index (χ1n) is 5.33. The molecular weight excluding hydrogens is 234 g/mol. The van der Waals surface area contributed by atoms with Gasteiger partial charge < -0.3 is 14.0 Å². The molecule has 0 amide bonds. The van der Waals surface area contributed by atoms with Crippen LogP contribution in [0.1, 0.15) is 16.1 Å². The average Bonchev–Trinajstić information content (AvgIpc) is 2.96. The van der Waals surface area contributed by atoms with Gasteiger partial charge in [0.05, 0.1) is 6.26 Å². The van der Waals surface area contributed by atoms with E-state index in [9.17, 15) is 4.79 Å². The summed E-state index contributed by atoms with van der Waals surface area (Å²) in [6.07, 6.45) is 1.68. The summed E-state index contributed by atoms with van der Waals surface area (Å²) in [6, 6.07) is 6.91. The summed E-state index contributed by atoms with van der Waals surface area (Å²) >= 11 is 0. The third kappa shape index (κ3) is 1.57. The van der Waals surface area contributed by atoms with Gasteiger partial charge in [0, 0.05) is 17.0 Å². The third-order valence-corrected chi connectivity index (χ3v) is 2.78. The number of benzene rings is 1. The van der Waals surface area contributed by atoms with E-state index in [1.807, 2.05) is 19.1 Å². The Morgan fingerprint density at radius 1 is 1.33 bits per heavy atom. The monoisotopic (exact) mass is 243 g/mol. The molecule has 3 rings (SSSR count). The number of aryl methyl sites for hydroxylation is 1. The summed E-state index contributed by atoms with van der Waals surface area (Å²) < 4.78 is 10.4. The van der Waals surface area contributed by atoms with Crippen LogP contribution in [0.3, 0.4) is 0 Å². The van der Waals surface area contributed by atoms with Gasteiger partial charge in [0.25, 0.3) is 0 Å². The lowest BCUT2D eigenvalue weighted by Gasteiger charge is -1.95. The number of fused-ring (bicyclic) bond motifs is 1. The van der Waals surface area contributed by atoms with Gasteiger partial charge in [0.2, 0.25) is 0 Å². The summed E-state index contributed by atoms with van der Waals surface area (Å²) in [7, 11) is 0. The van der Waals surface area contributed by atoms with Gasteiger partial charge in [-0.2, -0.15) is 0 Å². The molecule has 0 unspecified atom stereocenters. The standard InChI is InChI=1S/C13H9NO4/c1-7-6-17-11-3-2-8(4-9(7)11)12-5-10(13(15)16)14-18-12/h2-6H,1H3,(H,15,16). The highest BCUT2D eigenvalue weighted by Crippen LogP contribution is 2.27. The van der Waals surface area contributed by atoms with Crippen LogP contribution < -0.4 is 0 Å². The molecule has 0 aliphatic carbocycles. The molecule has 90 valence electrons. The molecule has 5 heteroatoms. The van der Waals surface area contributed by atoms with Crippen LogP contribution in [0.15, 0.2) is 39.5 Å². The van der Waals surface area contributed by atoms with Gasteiger partial charge >= 0.3 is 5.97 Å². The molecule has 0 aliphatic heterocycles. The van der Waals surface area contributed by atoms with Gasteiger partial charge in [-0.05, 0) is 30.7 Å². The number of carboxylic acids is 1. The van der Waals surface area contributed by atoms with E-state index in [1.165, 1.54) is 6.07 Å². The zero-order chi connectivity index (χ0) is 12.7. The second kappa shape index (κ2) is 3.73. The van der Waals surface area contributed by atoms with Crippen LogP contribution in [0.25, 0.3) is 22.3 Å². The van der Waals surface area contributed by atoms with Crippen molar-refractivity contribution in [3.8, 4) is 11.3 Å². The molecule has 2 heterocycles. The van der Waals surface area contributed by atoms with E-state index in [0.717, 1.165) is 22.1 Å². The quantitative estimate of drug-likeness (QED) is 0.748.